The first-order valence-electron chi connectivity index (χ1n) is 6.08. The van der Waals surface area contributed by atoms with Gasteiger partial charge in [-0.3, -0.25) is 0 Å². The van der Waals surface area contributed by atoms with Crippen LogP contribution in [0.2, 0.25) is 0 Å². The van der Waals surface area contributed by atoms with Crippen molar-refractivity contribution < 1.29 is 17.9 Å². The number of benzene rings is 1. The monoisotopic (exact) mass is 402 g/mol. The van der Waals surface area contributed by atoms with Crippen LogP contribution in [0, 0.1) is 0 Å². The molecule has 1 aromatic carbocycles. The molecule has 0 unspecified atom stereocenters. The van der Waals surface area contributed by atoms with Crippen LogP contribution in [0.15, 0.2) is 21.5 Å². The van der Waals surface area contributed by atoms with Crippen LogP contribution >= 0.6 is 28.3 Å². The third-order valence-electron chi connectivity index (χ3n) is 2.57. The van der Waals surface area contributed by atoms with Gasteiger partial charge in [-0.1, -0.05) is 6.92 Å². The van der Waals surface area contributed by atoms with Crippen LogP contribution < -0.4 is 19.5 Å². The molecule has 122 valence electrons. The maximum absolute atomic E-state index is 12.2. The van der Waals surface area contributed by atoms with E-state index >= 15 is 0 Å². The highest BCUT2D eigenvalue weighted by atomic mass is 79.9. The van der Waals surface area contributed by atoms with E-state index < -0.39 is 10.0 Å². The number of nitrogens with one attached hydrogen (secondary N) is 2. The molecule has 0 spiro atoms. The smallest absolute Gasteiger partial charge is 0.244 e. The van der Waals surface area contributed by atoms with Gasteiger partial charge in [0.15, 0.2) is 0 Å². The van der Waals surface area contributed by atoms with E-state index in [1.54, 1.807) is 0 Å². The van der Waals surface area contributed by atoms with Gasteiger partial charge in [0.1, 0.15) is 16.4 Å². The Hall–Kier alpha value is -0.540. The van der Waals surface area contributed by atoms with Gasteiger partial charge in [0.2, 0.25) is 10.0 Å². The first-order chi connectivity index (χ1) is 9.46. The molecule has 0 fully saturated rings. The van der Waals surface area contributed by atoms with Gasteiger partial charge in [-0.15, -0.1) is 12.4 Å². The molecule has 0 saturated heterocycles. The molecule has 0 atom stereocenters. The normalized spacial score (nSPS) is 10.9. The van der Waals surface area contributed by atoms with Crippen molar-refractivity contribution in [2.24, 2.45) is 0 Å². The van der Waals surface area contributed by atoms with Crippen molar-refractivity contribution >= 4 is 38.4 Å². The van der Waals surface area contributed by atoms with E-state index in [0.717, 1.165) is 6.54 Å². The summed E-state index contributed by atoms with van der Waals surface area (Å²) in [6.07, 6.45) is 0. The average molecular weight is 404 g/mol. The highest BCUT2D eigenvalue weighted by Gasteiger charge is 2.21. The number of rotatable bonds is 8. The largest absolute Gasteiger partial charge is 0.495 e. The number of ether oxygens (including phenoxy) is 2. The van der Waals surface area contributed by atoms with E-state index in [0.29, 0.717) is 23.3 Å². The molecule has 0 aliphatic carbocycles. The summed E-state index contributed by atoms with van der Waals surface area (Å²) < 4.78 is 37.8. The zero-order valence-electron chi connectivity index (χ0n) is 12.1. The second kappa shape index (κ2) is 9.47. The van der Waals surface area contributed by atoms with Crippen molar-refractivity contribution in [2.45, 2.75) is 11.8 Å². The highest BCUT2D eigenvalue weighted by molar-refractivity contribution is 9.10. The topological polar surface area (TPSA) is 76.7 Å². The lowest BCUT2D eigenvalue weighted by Crippen LogP contribution is -2.32. The predicted octanol–water partition coefficient (Wildman–Crippen LogP) is 1.78. The second-order valence-electron chi connectivity index (χ2n) is 3.89. The zero-order valence-corrected chi connectivity index (χ0v) is 15.3. The summed E-state index contributed by atoms with van der Waals surface area (Å²) in [5.74, 6) is 0.745. The lowest BCUT2D eigenvalue weighted by Gasteiger charge is -2.13. The third-order valence-corrected chi connectivity index (χ3v) is 4.67. The standard InChI is InChI=1S/C12H19BrN2O4S.ClH/c1-4-14-5-6-15-20(16,17)12-7-9(13)10(18-2)8-11(12)19-3;/h7-8,14-15H,4-6H2,1-3H3;1H. The number of methoxy groups -OCH3 is 2. The number of halogens is 2. The van der Waals surface area contributed by atoms with Crippen LogP contribution in [0.5, 0.6) is 11.5 Å². The first-order valence-corrected chi connectivity index (χ1v) is 8.35. The fraction of sp³-hybridized carbons (Fsp3) is 0.500. The lowest BCUT2D eigenvalue weighted by molar-refractivity contribution is 0.384. The van der Waals surface area contributed by atoms with Gasteiger partial charge in [-0.2, -0.15) is 0 Å². The lowest BCUT2D eigenvalue weighted by atomic mass is 10.3. The SMILES string of the molecule is CCNCCNS(=O)(=O)c1cc(Br)c(OC)cc1OC.Cl. The summed E-state index contributed by atoms with van der Waals surface area (Å²) in [7, 11) is -0.712. The van der Waals surface area contributed by atoms with Gasteiger partial charge in [0, 0.05) is 19.2 Å². The van der Waals surface area contributed by atoms with E-state index in [2.05, 4.69) is 26.0 Å². The molecule has 21 heavy (non-hydrogen) atoms. The molecule has 9 heteroatoms. The number of hydrogen-bond acceptors (Lipinski definition) is 5. The first kappa shape index (κ1) is 20.5. The van der Waals surface area contributed by atoms with Crippen LogP contribution in [0.4, 0.5) is 0 Å². The minimum Gasteiger partial charge on any atom is -0.495 e. The van der Waals surface area contributed by atoms with Gasteiger partial charge in [-0.05, 0) is 28.5 Å². The summed E-state index contributed by atoms with van der Waals surface area (Å²) in [5, 5.41) is 3.04. The van der Waals surface area contributed by atoms with Crippen LogP contribution in [-0.4, -0.2) is 42.3 Å². The molecule has 0 amide bonds. The Morgan fingerprint density at radius 3 is 2.29 bits per heavy atom. The fourth-order valence-corrected chi connectivity index (χ4v) is 3.43. The highest BCUT2D eigenvalue weighted by Crippen LogP contribution is 2.35. The minimum atomic E-state index is -3.63. The summed E-state index contributed by atoms with van der Waals surface area (Å²) in [6, 6.07) is 3.00. The molecule has 1 aromatic rings. The zero-order chi connectivity index (χ0) is 15.2. The van der Waals surface area contributed by atoms with Gasteiger partial charge < -0.3 is 14.8 Å². The molecular formula is C12H20BrClN2O4S. The Morgan fingerprint density at radius 1 is 1.14 bits per heavy atom. The summed E-state index contributed by atoms with van der Waals surface area (Å²) in [5.41, 5.74) is 0. The van der Waals surface area contributed by atoms with Crippen molar-refractivity contribution in [2.75, 3.05) is 33.9 Å². The van der Waals surface area contributed by atoms with E-state index in [-0.39, 0.29) is 23.1 Å². The van der Waals surface area contributed by atoms with Gasteiger partial charge in [-0.25, -0.2) is 13.1 Å². The molecule has 0 aliphatic heterocycles. The van der Waals surface area contributed by atoms with Gasteiger partial charge in [0.25, 0.3) is 0 Å². The van der Waals surface area contributed by atoms with Crippen LogP contribution in [0.3, 0.4) is 0 Å². The molecule has 0 bridgehead atoms. The Balaban J connectivity index is 0.00000400. The third kappa shape index (κ3) is 5.63. The fourth-order valence-electron chi connectivity index (χ4n) is 1.57. The van der Waals surface area contributed by atoms with E-state index in [9.17, 15) is 8.42 Å². The summed E-state index contributed by atoms with van der Waals surface area (Å²) in [6.45, 7) is 3.62. The molecule has 1 rings (SSSR count). The maximum atomic E-state index is 12.2. The van der Waals surface area contributed by atoms with E-state index in [4.69, 9.17) is 9.47 Å². The molecule has 6 nitrogen and oxygen atoms in total. The quantitative estimate of drug-likeness (QED) is 0.647. The van der Waals surface area contributed by atoms with Crippen molar-refractivity contribution in [3.8, 4) is 11.5 Å². The van der Waals surface area contributed by atoms with Crippen LogP contribution in [-0.2, 0) is 10.0 Å². The van der Waals surface area contributed by atoms with Crippen LogP contribution in [0.1, 0.15) is 6.92 Å². The van der Waals surface area contributed by atoms with Crippen molar-refractivity contribution in [3.63, 3.8) is 0 Å². The molecule has 0 aromatic heterocycles. The Kier molecular flexibility index (Phi) is 9.23. The number of hydrogen-bond donors (Lipinski definition) is 2. The second-order valence-corrected chi connectivity index (χ2v) is 6.48. The predicted molar refractivity (Wildman–Crippen MR) is 88.2 cm³/mol. The maximum Gasteiger partial charge on any atom is 0.244 e. The van der Waals surface area contributed by atoms with E-state index in [1.165, 1.54) is 26.4 Å². The Morgan fingerprint density at radius 2 is 1.76 bits per heavy atom. The molecule has 0 heterocycles. The molecular weight excluding hydrogens is 384 g/mol. The Bertz CT molecular complexity index is 554. The summed E-state index contributed by atoms with van der Waals surface area (Å²) in [4.78, 5) is 0.0733. The molecule has 2 N–H and O–H groups in total. The van der Waals surface area contributed by atoms with E-state index in [1.807, 2.05) is 6.92 Å². The van der Waals surface area contributed by atoms with Crippen molar-refractivity contribution in [3.05, 3.63) is 16.6 Å². The number of sulfonamides is 1. The van der Waals surface area contributed by atoms with Crippen molar-refractivity contribution in [1.29, 1.82) is 0 Å². The van der Waals surface area contributed by atoms with Gasteiger partial charge in [0.05, 0.1) is 18.7 Å². The molecule has 0 aliphatic rings. The Labute approximate surface area is 140 Å². The van der Waals surface area contributed by atoms with Crippen molar-refractivity contribution in [1.82, 2.24) is 10.0 Å². The average Bonchev–Trinajstić information content (AvgIpc) is 2.43. The molecule has 0 saturated carbocycles. The van der Waals surface area contributed by atoms with Crippen LogP contribution in [0.25, 0.3) is 0 Å². The number of likely N-dealkylation sites (N-methyl/N-ethyl adjacent to an activating group) is 1. The minimum absolute atomic E-state index is 0. The van der Waals surface area contributed by atoms with Gasteiger partial charge >= 0.3 is 0 Å². The molecule has 0 radical (unpaired) electrons. The summed E-state index contributed by atoms with van der Waals surface area (Å²) >= 11 is 3.27.